The average Bonchev–Trinajstić information content (AvgIpc) is 2.92. The third-order valence-electron chi connectivity index (χ3n) is 5.43. The molecule has 0 bridgehead atoms. The summed E-state index contributed by atoms with van der Waals surface area (Å²) in [5.74, 6) is 0.700. The molecular formula is C24H24. The van der Waals surface area contributed by atoms with Crippen LogP contribution in [0.25, 0.3) is 11.1 Å². The molecule has 0 unspecified atom stereocenters. The summed E-state index contributed by atoms with van der Waals surface area (Å²) < 4.78 is 0. The van der Waals surface area contributed by atoms with Crippen LogP contribution in [-0.2, 0) is 5.41 Å². The molecule has 0 aromatic heterocycles. The van der Waals surface area contributed by atoms with E-state index in [1.165, 1.54) is 34.2 Å². The Hall–Kier alpha value is -2.34. The molecule has 0 spiro atoms. The van der Waals surface area contributed by atoms with Gasteiger partial charge in [-0.15, -0.1) is 0 Å². The second-order valence-corrected chi connectivity index (χ2v) is 7.30. The van der Waals surface area contributed by atoms with Crippen LogP contribution in [0.1, 0.15) is 43.4 Å². The van der Waals surface area contributed by atoms with Crippen molar-refractivity contribution in [3.8, 4) is 11.1 Å². The fourth-order valence-electron chi connectivity index (χ4n) is 4.28. The highest BCUT2D eigenvalue weighted by molar-refractivity contribution is 5.83. The summed E-state index contributed by atoms with van der Waals surface area (Å²) in [5, 5.41) is 0. The van der Waals surface area contributed by atoms with E-state index in [0.717, 1.165) is 6.42 Å². The summed E-state index contributed by atoms with van der Waals surface area (Å²) in [6.45, 7) is 4.65. The number of hydrogen-bond acceptors (Lipinski definition) is 0. The Morgan fingerprint density at radius 1 is 0.667 bits per heavy atom. The van der Waals surface area contributed by atoms with Crippen molar-refractivity contribution < 1.29 is 0 Å². The molecule has 0 fully saturated rings. The third kappa shape index (κ3) is 2.21. The van der Waals surface area contributed by atoms with Gasteiger partial charge in [-0.3, -0.25) is 0 Å². The lowest BCUT2D eigenvalue weighted by molar-refractivity contribution is 0.469. The Bertz CT molecular complexity index is 797. The van der Waals surface area contributed by atoms with Crippen molar-refractivity contribution >= 4 is 0 Å². The highest BCUT2D eigenvalue weighted by Gasteiger charge is 2.43. The molecule has 0 heterocycles. The van der Waals surface area contributed by atoms with E-state index in [-0.39, 0.29) is 5.41 Å². The first-order chi connectivity index (χ1) is 11.7. The molecule has 0 aliphatic heterocycles. The first kappa shape index (κ1) is 15.2. The normalized spacial score (nSPS) is 14.5. The van der Waals surface area contributed by atoms with E-state index >= 15 is 0 Å². The number of hydrogen-bond donors (Lipinski definition) is 0. The maximum atomic E-state index is 2.34. The van der Waals surface area contributed by atoms with E-state index in [2.05, 4.69) is 92.7 Å². The van der Waals surface area contributed by atoms with Gasteiger partial charge in [-0.05, 0) is 46.6 Å². The van der Waals surface area contributed by atoms with Gasteiger partial charge in [-0.1, -0.05) is 92.7 Å². The van der Waals surface area contributed by atoms with Crippen LogP contribution in [0.4, 0.5) is 0 Å². The average molecular weight is 312 g/mol. The van der Waals surface area contributed by atoms with E-state index in [1.807, 2.05) is 0 Å². The summed E-state index contributed by atoms with van der Waals surface area (Å²) >= 11 is 0. The van der Waals surface area contributed by atoms with Crippen LogP contribution in [0.2, 0.25) is 0 Å². The van der Waals surface area contributed by atoms with Crippen molar-refractivity contribution in [3.05, 3.63) is 95.6 Å². The summed E-state index contributed by atoms with van der Waals surface area (Å²) in [7, 11) is 0. The fraction of sp³-hybridized carbons (Fsp3) is 0.250. The zero-order chi connectivity index (χ0) is 16.6. The Labute approximate surface area is 145 Å². The molecule has 1 aliphatic carbocycles. The lowest BCUT2D eigenvalue weighted by Gasteiger charge is -2.33. The van der Waals surface area contributed by atoms with E-state index in [0.29, 0.717) is 5.92 Å². The summed E-state index contributed by atoms with van der Waals surface area (Å²) in [4.78, 5) is 0. The largest absolute Gasteiger partial charge is 0.0628 e. The maximum absolute atomic E-state index is 2.34. The predicted octanol–water partition coefficient (Wildman–Crippen LogP) is 6.44. The van der Waals surface area contributed by atoms with Crippen LogP contribution < -0.4 is 0 Å². The van der Waals surface area contributed by atoms with Crippen molar-refractivity contribution in [3.63, 3.8) is 0 Å². The summed E-state index contributed by atoms with van der Waals surface area (Å²) in [5.41, 5.74) is 7.15. The first-order valence-electron chi connectivity index (χ1n) is 8.98. The highest BCUT2D eigenvalue weighted by atomic mass is 14.5. The Kier molecular flexibility index (Phi) is 3.76. The molecule has 0 amide bonds. The van der Waals surface area contributed by atoms with Gasteiger partial charge < -0.3 is 0 Å². The Morgan fingerprint density at radius 2 is 1.17 bits per heavy atom. The van der Waals surface area contributed by atoms with Gasteiger partial charge in [0.25, 0.3) is 0 Å². The smallest absolute Gasteiger partial charge is 0.0463 e. The molecule has 4 rings (SSSR count). The standard InChI is InChI=1S/C24H24/c1-18(2)16-17-24(19-10-4-3-5-11-19)22-14-8-6-12-20(22)21-13-7-9-15-23(21)24/h3-15,18H,16-17H2,1-2H3. The van der Waals surface area contributed by atoms with E-state index in [1.54, 1.807) is 0 Å². The van der Waals surface area contributed by atoms with Gasteiger partial charge in [0.15, 0.2) is 0 Å². The minimum absolute atomic E-state index is 0.0152. The molecule has 0 atom stereocenters. The van der Waals surface area contributed by atoms with Gasteiger partial charge >= 0.3 is 0 Å². The molecule has 120 valence electrons. The zero-order valence-electron chi connectivity index (χ0n) is 14.5. The Balaban J connectivity index is 2.02. The molecule has 1 aliphatic rings. The molecular weight excluding hydrogens is 288 g/mol. The Morgan fingerprint density at radius 3 is 1.71 bits per heavy atom. The molecule has 0 radical (unpaired) electrons. The predicted molar refractivity (Wildman–Crippen MR) is 102 cm³/mol. The zero-order valence-corrected chi connectivity index (χ0v) is 14.5. The second-order valence-electron chi connectivity index (χ2n) is 7.30. The topological polar surface area (TPSA) is 0 Å². The second kappa shape index (κ2) is 5.94. The molecule has 3 aromatic rings. The molecule has 0 N–H and O–H groups in total. The molecule has 24 heavy (non-hydrogen) atoms. The summed E-state index contributed by atoms with van der Waals surface area (Å²) in [6, 6.07) is 29.0. The third-order valence-corrected chi connectivity index (χ3v) is 5.43. The number of fused-ring (bicyclic) bond motifs is 3. The highest BCUT2D eigenvalue weighted by Crippen LogP contribution is 2.54. The van der Waals surface area contributed by atoms with Crippen molar-refractivity contribution in [2.75, 3.05) is 0 Å². The molecule has 0 heteroatoms. The van der Waals surface area contributed by atoms with Crippen LogP contribution >= 0.6 is 0 Å². The van der Waals surface area contributed by atoms with Gasteiger partial charge in [0.05, 0.1) is 0 Å². The molecule has 0 saturated carbocycles. The van der Waals surface area contributed by atoms with Crippen molar-refractivity contribution in [2.24, 2.45) is 5.92 Å². The number of benzene rings is 3. The van der Waals surface area contributed by atoms with Gasteiger partial charge in [-0.2, -0.15) is 0 Å². The molecule has 0 nitrogen and oxygen atoms in total. The minimum atomic E-state index is -0.0152. The van der Waals surface area contributed by atoms with E-state index < -0.39 is 0 Å². The SMILES string of the molecule is CC(C)CCC1(c2ccccc2)c2ccccc2-c2ccccc21. The van der Waals surface area contributed by atoms with Crippen molar-refractivity contribution in [1.82, 2.24) is 0 Å². The van der Waals surface area contributed by atoms with Crippen LogP contribution in [0.3, 0.4) is 0 Å². The van der Waals surface area contributed by atoms with Gasteiger partial charge in [0.1, 0.15) is 0 Å². The fourth-order valence-corrected chi connectivity index (χ4v) is 4.28. The quantitative estimate of drug-likeness (QED) is 0.520. The van der Waals surface area contributed by atoms with Gasteiger partial charge in [0, 0.05) is 5.41 Å². The van der Waals surface area contributed by atoms with E-state index in [9.17, 15) is 0 Å². The molecule has 3 aromatic carbocycles. The first-order valence-corrected chi connectivity index (χ1v) is 8.98. The summed E-state index contributed by atoms with van der Waals surface area (Å²) in [6.07, 6.45) is 2.38. The lowest BCUT2D eigenvalue weighted by atomic mass is 9.69. The lowest BCUT2D eigenvalue weighted by Crippen LogP contribution is -2.27. The van der Waals surface area contributed by atoms with Crippen molar-refractivity contribution in [2.45, 2.75) is 32.1 Å². The van der Waals surface area contributed by atoms with Gasteiger partial charge in [0.2, 0.25) is 0 Å². The van der Waals surface area contributed by atoms with Crippen LogP contribution in [0, 0.1) is 5.92 Å². The van der Waals surface area contributed by atoms with E-state index in [4.69, 9.17) is 0 Å². The van der Waals surface area contributed by atoms with Crippen LogP contribution in [0.5, 0.6) is 0 Å². The molecule has 0 saturated heterocycles. The van der Waals surface area contributed by atoms with Gasteiger partial charge in [-0.25, -0.2) is 0 Å². The van der Waals surface area contributed by atoms with Crippen molar-refractivity contribution in [1.29, 1.82) is 0 Å². The maximum Gasteiger partial charge on any atom is 0.0463 e. The van der Waals surface area contributed by atoms with Crippen LogP contribution in [-0.4, -0.2) is 0 Å². The number of rotatable bonds is 4. The monoisotopic (exact) mass is 312 g/mol. The van der Waals surface area contributed by atoms with Crippen LogP contribution in [0.15, 0.2) is 78.9 Å². The minimum Gasteiger partial charge on any atom is -0.0628 e.